The Kier molecular flexibility index (Phi) is 14.2. The number of aryl methyl sites for hydroxylation is 2. The molecule has 4 aromatic heterocycles. The Morgan fingerprint density at radius 3 is 2.11 bits per heavy atom. The monoisotopic (exact) mass is 984 g/mol. The van der Waals surface area contributed by atoms with Crippen LogP contribution in [-0.2, 0) is 37.4 Å². The molecule has 0 aromatic carbocycles. The fourth-order valence-electron chi connectivity index (χ4n) is 11.3. The minimum absolute atomic E-state index is 0.0374. The molecule has 7 heterocycles. The fraction of sp³-hybridized carbons (Fsp3) is 0.700. The van der Waals surface area contributed by atoms with Crippen LogP contribution in [0.5, 0.6) is 0 Å². The van der Waals surface area contributed by atoms with Crippen LogP contribution in [0.4, 0.5) is 0 Å². The molecule has 19 nitrogen and oxygen atoms in total. The highest BCUT2D eigenvalue weighted by atomic mass is 32.1. The highest BCUT2D eigenvalue weighted by Crippen LogP contribution is 2.46. The highest BCUT2D eigenvalue weighted by molar-refractivity contribution is 7.10. The molecule has 4 amide bonds. The lowest BCUT2D eigenvalue weighted by Gasteiger charge is -2.39. The standard InChI is InChI=1S/C50H73N13O6S/c1-29-32(24-59(9)55-29)16-17-51-45(65)38-20-33(64)25-60(38)47(67)43(49(2,3)4)63-28-37(54-57-63)35-22-40(35)69-34-21-39(46(66)52-23-31-12-10-18-58(8)42(31)41-13-11-19-70-41)61(26-34)48(68)44(50(5,6)7)62-27-36(53-56-62)30-14-15-30/h11,13,19,24,27-28,30-31,33-35,38-40,42-44,64H,10,12,14-18,20-23,25-26H2,1-9H3,(H,51,65)(H,52,66)/t31?,33-,34-,35?,38+,39+,40?,42?,43-,44-/m1/s1. The Hall–Kier alpha value is -5.05. The van der Waals surface area contributed by atoms with Crippen molar-refractivity contribution < 1.29 is 29.0 Å². The van der Waals surface area contributed by atoms with Gasteiger partial charge < -0.3 is 30.3 Å². The summed E-state index contributed by atoms with van der Waals surface area (Å²) in [5.74, 6) is -0.481. The molecule has 20 heteroatoms. The zero-order valence-electron chi connectivity index (χ0n) is 42.3. The quantitative estimate of drug-likeness (QED) is 0.145. The largest absolute Gasteiger partial charge is 0.391 e. The maximum absolute atomic E-state index is 15.0. The Morgan fingerprint density at radius 1 is 0.843 bits per heavy atom. The molecule has 0 radical (unpaired) electrons. The number of hydrogen-bond donors (Lipinski definition) is 3. The van der Waals surface area contributed by atoms with Crippen molar-refractivity contribution >= 4 is 35.0 Å². The number of thiophene rings is 1. The Morgan fingerprint density at radius 2 is 1.49 bits per heavy atom. The number of carbonyl (C=O) groups is 4. The summed E-state index contributed by atoms with van der Waals surface area (Å²) in [6.45, 7) is 16.0. The van der Waals surface area contributed by atoms with Gasteiger partial charge in [0.1, 0.15) is 24.2 Å². The summed E-state index contributed by atoms with van der Waals surface area (Å²) in [5, 5.41) is 41.5. The topological polar surface area (TPSA) is 211 Å². The predicted octanol–water partition coefficient (Wildman–Crippen LogP) is 4.09. The maximum atomic E-state index is 15.0. The maximum Gasteiger partial charge on any atom is 0.248 e. The molecule has 5 aliphatic rings. The van der Waals surface area contributed by atoms with Gasteiger partial charge in [-0.2, -0.15) is 5.10 Å². The molecule has 9 rings (SSSR count). The third-order valence-electron chi connectivity index (χ3n) is 15.1. The number of nitrogens with one attached hydrogen (secondary N) is 2. The van der Waals surface area contributed by atoms with Crippen LogP contribution in [-0.4, -0.2) is 153 Å². The first-order valence-corrected chi connectivity index (χ1v) is 26.2. The summed E-state index contributed by atoms with van der Waals surface area (Å²) in [5.41, 5.74) is 2.35. The van der Waals surface area contributed by atoms with E-state index in [0.29, 0.717) is 44.0 Å². The number of aliphatic hydroxyl groups is 1. The summed E-state index contributed by atoms with van der Waals surface area (Å²) < 4.78 is 11.8. The minimum atomic E-state index is -0.839. The molecule has 0 bridgehead atoms. The molecule has 2 saturated carbocycles. The summed E-state index contributed by atoms with van der Waals surface area (Å²) in [4.78, 5) is 64.5. The highest BCUT2D eigenvalue weighted by Gasteiger charge is 2.51. The number of carbonyl (C=O) groups excluding carboxylic acids is 4. The second-order valence-corrected chi connectivity index (χ2v) is 23.9. The summed E-state index contributed by atoms with van der Waals surface area (Å²) in [7, 11) is 4.01. The molecule has 10 atom stereocenters. The van der Waals surface area contributed by atoms with E-state index < -0.39 is 47.2 Å². The lowest BCUT2D eigenvalue weighted by atomic mass is 9.85. The van der Waals surface area contributed by atoms with Crippen LogP contribution in [0.1, 0.15) is 144 Å². The Bertz CT molecular complexity index is 2500. The second-order valence-electron chi connectivity index (χ2n) is 22.9. The fourth-order valence-corrected chi connectivity index (χ4v) is 12.3. The van der Waals surface area contributed by atoms with Gasteiger partial charge in [0.2, 0.25) is 23.6 Å². The van der Waals surface area contributed by atoms with Crippen molar-refractivity contribution in [2.75, 3.05) is 39.8 Å². The van der Waals surface area contributed by atoms with E-state index in [1.54, 1.807) is 36.5 Å². The molecule has 2 aliphatic carbocycles. The van der Waals surface area contributed by atoms with Gasteiger partial charge in [0.05, 0.1) is 35.4 Å². The molecular weight excluding hydrogens is 911 g/mol. The van der Waals surface area contributed by atoms with E-state index in [4.69, 9.17) is 4.74 Å². The number of nitrogens with zero attached hydrogens (tertiary/aromatic N) is 11. The normalized spacial score (nSPS) is 27.2. The van der Waals surface area contributed by atoms with Crippen LogP contribution >= 0.6 is 11.3 Å². The van der Waals surface area contributed by atoms with Crippen molar-refractivity contribution in [3.63, 3.8) is 0 Å². The van der Waals surface area contributed by atoms with Gasteiger partial charge in [0.25, 0.3) is 0 Å². The van der Waals surface area contributed by atoms with Crippen molar-refractivity contribution in [1.82, 2.24) is 65.1 Å². The van der Waals surface area contributed by atoms with Crippen LogP contribution in [0.2, 0.25) is 0 Å². The number of β-amino-alcohol motifs (C(OH)–C–C–N with tert-alkyl or cyclic N) is 1. The van der Waals surface area contributed by atoms with E-state index in [0.717, 1.165) is 49.2 Å². The number of aromatic nitrogens is 8. The summed E-state index contributed by atoms with van der Waals surface area (Å²) in [6, 6.07) is 1.40. The lowest BCUT2D eigenvalue weighted by Crippen LogP contribution is -2.51. The van der Waals surface area contributed by atoms with Gasteiger partial charge in [-0.1, -0.05) is 58.0 Å². The predicted molar refractivity (Wildman–Crippen MR) is 261 cm³/mol. The van der Waals surface area contributed by atoms with E-state index in [-0.39, 0.29) is 67.1 Å². The van der Waals surface area contributed by atoms with Crippen LogP contribution in [0.15, 0.2) is 36.1 Å². The zero-order valence-corrected chi connectivity index (χ0v) is 43.1. The third-order valence-corrected chi connectivity index (χ3v) is 16.0. The van der Waals surface area contributed by atoms with E-state index in [2.05, 4.69) is 65.8 Å². The molecule has 4 unspecified atom stereocenters. The van der Waals surface area contributed by atoms with Gasteiger partial charge in [0.15, 0.2) is 0 Å². The molecule has 3 N–H and O–H groups in total. The molecule has 380 valence electrons. The second kappa shape index (κ2) is 19.9. The number of piperidine rings is 1. The van der Waals surface area contributed by atoms with Gasteiger partial charge in [0, 0.05) is 87.4 Å². The number of amides is 4. The van der Waals surface area contributed by atoms with Gasteiger partial charge in [-0.25, -0.2) is 9.36 Å². The third kappa shape index (κ3) is 10.7. The number of aliphatic hydroxyl groups excluding tert-OH is 1. The van der Waals surface area contributed by atoms with Crippen molar-refractivity contribution in [1.29, 1.82) is 0 Å². The Labute approximate surface area is 415 Å². The Balaban J connectivity index is 0.881. The van der Waals surface area contributed by atoms with Gasteiger partial charge in [-0.05, 0) is 92.8 Å². The number of rotatable bonds is 16. The molecule has 70 heavy (non-hydrogen) atoms. The van der Waals surface area contributed by atoms with Crippen molar-refractivity contribution in [2.45, 2.75) is 160 Å². The van der Waals surface area contributed by atoms with Gasteiger partial charge in [-0.3, -0.25) is 28.8 Å². The van der Waals surface area contributed by atoms with Crippen LogP contribution in [0.25, 0.3) is 0 Å². The first-order valence-electron chi connectivity index (χ1n) is 25.3. The van der Waals surface area contributed by atoms with E-state index in [1.165, 1.54) is 9.78 Å². The van der Waals surface area contributed by atoms with Crippen LogP contribution in [0, 0.1) is 23.7 Å². The van der Waals surface area contributed by atoms with Gasteiger partial charge >= 0.3 is 0 Å². The van der Waals surface area contributed by atoms with Crippen molar-refractivity contribution in [2.24, 2.45) is 23.8 Å². The molecule has 4 aromatic rings. The first kappa shape index (κ1) is 49.9. The number of hydrogen-bond acceptors (Lipinski definition) is 13. The molecule has 3 saturated heterocycles. The van der Waals surface area contributed by atoms with Crippen LogP contribution < -0.4 is 10.6 Å². The zero-order chi connectivity index (χ0) is 49.8. The SMILES string of the molecule is Cc1nn(C)cc1CCNC(=O)[C@@H]1C[C@@H](O)CN1C(=O)[C@@H](n1cc(C2CC2O[C@@H]2C[C@@H](C(=O)NCC3CCCN(C)C3c3cccs3)N(C(=O)[C@@H](n3cc(C4CC4)nn3)C(C)(C)C)C2)nn1)C(C)(C)C. The van der Waals surface area contributed by atoms with E-state index in [1.807, 2.05) is 67.9 Å². The van der Waals surface area contributed by atoms with Crippen molar-refractivity contribution in [3.8, 4) is 0 Å². The first-order chi connectivity index (χ1) is 33.2. The minimum Gasteiger partial charge on any atom is -0.391 e. The van der Waals surface area contributed by atoms with E-state index in [9.17, 15) is 24.3 Å². The number of ether oxygens (including phenoxy) is 1. The lowest BCUT2D eigenvalue weighted by molar-refractivity contribution is -0.144. The summed E-state index contributed by atoms with van der Waals surface area (Å²) >= 11 is 1.75. The average Bonchev–Trinajstić information content (AvgIpc) is 3.72. The molecule has 3 aliphatic heterocycles. The van der Waals surface area contributed by atoms with Gasteiger partial charge in [-0.15, -0.1) is 21.5 Å². The molecule has 0 spiro atoms. The number of likely N-dealkylation sites (tertiary alicyclic amines) is 3. The molecular formula is C50H73N13O6S. The molecule has 5 fully saturated rings. The van der Waals surface area contributed by atoms with E-state index >= 15 is 0 Å². The average molecular weight is 984 g/mol. The van der Waals surface area contributed by atoms with Crippen LogP contribution in [0.3, 0.4) is 0 Å². The summed E-state index contributed by atoms with van der Waals surface area (Å²) in [6.07, 6.45) is 10.1. The van der Waals surface area contributed by atoms with Crippen molar-refractivity contribution in [3.05, 3.63) is 63.6 Å². The smallest absolute Gasteiger partial charge is 0.248 e.